The number of aromatic hydroxyl groups is 1. The van der Waals surface area contributed by atoms with Crippen LogP contribution in [0.2, 0.25) is 0 Å². The first kappa shape index (κ1) is 8.96. The summed E-state index contributed by atoms with van der Waals surface area (Å²) in [6.07, 6.45) is 0. The number of hydrogen-bond acceptors (Lipinski definition) is 3. The fourth-order valence-electron chi connectivity index (χ4n) is 0.847. The molecule has 1 rings (SSSR count). The predicted molar refractivity (Wildman–Crippen MR) is 52.0 cm³/mol. The van der Waals surface area contributed by atoms with Gasteiger partial charge in [-0.05, 0) is 12.1 Å². The zero-order chi connectivity index (χ0) is 8.97. The van der Waals surface area contributed by atoms with Crippen molar-refractivity contribution in [2.45, 2.75) is 0 Å². The molecule has 3 N–H and O–H groups in total. The lowest BCUT2D eigenvalue weighted by atomic mass is 10.2. The van der Waals surface area contributed by atoms with Gasteiger partial charge in [-0.25, -0.2) is 5.43 Å². The second-order valence-electron chi connectivity index (χ2n) is 2.22. The van der Waals surface area contributed by atoms with Gasteiger partial charge in [0.2, 0.25) is 0 Å². The number of para-hydroxylation sites is 1. The highest BCUT2D eigenvalue weighted by Gasteiger charge is 2.03. The zero-order valence-corrected chi connectivity index (χ0v) is 7.48. The van der Waals surface area contributed by atoms with Gasteiger partial charge in [-0.3, -0.25) is 0 Å². The van der Waals surface area contributed by atoms with Crippen molar-refractivity contribution in [3.63, 3.8) is 0 Å². The van der Waals surface area contributed by atoms with Crippen LogP contribution in [0.15, 0.2) is 24.3 Å². The fourth-order valence-corrected chi connectivity index (χ4v) is 1.12. The van der Waals surface area contributed by atoms with Crippen LogP contribution in [0, 0.1) is 0 Å². The van der Waals surface area contributed by atoms with Crippen LogP contribution in [0.1, 0.15) is 5.56 Å². The van der Waals surface area contributed by atoms with E-state index in [9.17, 15) is 5.11 Å². The SMILES string of the molecule is CNNC(=S)c1ccccc1O. The molecule has 0 fully saturated rings. The Hall–Kier alpha value is -1.13. The molecule has 0 aliphatic heterocycles. The van der Waals surface area contributed by atoms with E-state index in [1.807, 2.05) is 6.07 Å². The normalized spacial score (nSPS) is 9.42. The number of thiocarbonyl (C=S) groups is 1. The van der Waals surface area contributed by atoms with E-state index in [0.29, 0.717) is 10.6 Å². The lowest BCUT2D eigenvalue weighted by molar-refractivity contribution is 0.474. The molecule has 0 heterocycles. The van der Waals surface area contributed by atoms with E-state index in [2.05, 4.69) is 10.9 Å². The van der Waals surface area contributed by atoms with Crippen molar-refractivity contribution in [2.24, 2.45) is 0 Å². The summed E-state index contributed by atoms with van der Waals surface area (Å²) in [5.74, 6) is 0.185. The number of phenols is 1. The molecule has 0 aromatic heterocycles. The standard InChI is InChI=1S/C8H10N2OS/c1-9-10-8(12)6-4-2-3-5-7(6)11/h2-5,9,11H,1H3,(H,10,12). The second kappa shape index (κ2) is 4.04. The first-order chi connectivity index (χ1) is 5.75. The van der Waals surface area contributed by atoms with Gasteiger partial charge in [-0.1, -0.05) is 24.4 Å². The molecule has 0 atom stereocenters. The Kier molecular flexibility index (Phi) is 3.01. The molecule has 0 aliphatic rings. The van der Waals surface area contributed by atoms with E-state index < -0.39 is 0 Å². The lowest BCUT2D eigenvalue weighted by Crippen LogP contribution is -2.33. The summed E-state index contributed by atoms with van der Waals surface area (Å²) in [6.45, 7) is 0. The average molecular weight is 182 g/mol. The van der Waals surface area contributed by atoms with Gasteiger partial charge < -0.3 is 10.5 Å². The molecule has 0 radical (unpaired) electrons. The number of rotatable bonds is 2. The smallest absolute Gasteiger partial charge is 0.125 e. The summed E-state index contributed by atoms with van der Waals surface area (Å²) in [6, 6.07) is 6.92. The Morgan fingerprint density at radius 3 is 2.67 bits per heavy atom. The molecule has 0 aliphatic carbocycles. The van der Waals surface area contributed by atoms with Gasteiger partial charge in [0, 0.05) is 7.05 Å². The van der Waals surface area contributed by atoms with Gasteiger partial charge in [0.1, 0.15) is 10.7 Å². The third-order valence-corrected chi connectivity index (χ3v) is 1.71. The molecule has 4 heteroatoms. The third-order valence-electron chi connectivity index (χ3n) is 1.39. The summed E-state index contributed by atoms with van der Waals surface area (Å²) in [5.41, 5.74) is 6.04. The molecule has 0 unspecified atom stereocenters. The van der Waals surface area contributed by atoms with E-state index in [1.54, 1.807) is 25.2 Å². The number of phenolic OH excluding ortho intramolecular Hbond substituents is 1. The molecule has 0 bridgehead atoms. The van der Waals surface area contributed by atoms with Crippen molar-refractivity contribution in [1.82, 2.24) is 10.9 Å². The fraction of sp³-hybridized carbons (Fsp3) is 0.125. The number of hydrazine groups is 1. The third kappa shape index (κ3) is 1.93. The predicted octanol–water partition coefficient (Wildman–Crippen LogP) is 0.792. The Morgan fingerprint density at radius 1 is 1.42 bits per heavy atom. The molecule has 12 heavy (non-hydrogen) atoms. The largest absolute Gasteiger partial charge is 0.507 e. The minimum atomic E-state index is 0.185. The molecule has 0 amide bonds. The molecule has 0 spiro atoms. The van der Waals surface area contributed by atoms with Crippen molar-refractivity contribution in [1.29, 1.82) is 0 Å². The summed E-state index contributed by atoms with van der Waals surface area (Å²) < 4.78 is 0. The second-order valence-corrected chi connectivity index (χ2v) is 2.63. The van der Waals surface area contributed by atoms with Crippen molar-refractivity contribution >= 4 is 17.2 Å². The number of benzene rings is 1. The molecule has 0 saturated carbocycles. The van der Waals surface area contributed by atoms with Crippen LogP contribution in [0.5, 0.6) is 5.75 Å². The average Bonchev–Trinajstić information content (AvgIpc) is 2.05. The first-order valence-corrected chi connectivity index (χ1v) is 3.91. The highest BCUT2D eigenvalue weighted by Crippen LogP contribution is 2.15. The zero-order valence-electron chi connectivity index (χ0n) is 6.66. The van der Waals surface area contributed by atoms with Crippen molar-refractivity contribution in [3.8, 4) is 5.75 Å². The van der Waals surface area contributed by atoms with Crippen LogP contribution in [0.25, 0.3) is 0 Å². The topological polar surface area (TPSA) is 44.3 Å². The van der Waals surface area contributed by atoms with E-state index in [0.717, 1.165) is 0 Å². The molecule has 64 valence electrons. The van der Waals surface area contributed by atoms with E-state index in [4.69, 9.17) is 12.2 Å². The Bertz CT molecular complexity index is 288. The minimum absolute atomic E-state index is 0.185. The van der Waals surface area contributed by atoms with Gasteiger partial charge >= 0.3 is 0 Å². The number of nitrogens with one attached hydrogen (secondary N) is 2. The Morgan fingerprint density at radius 2 is 2.08 bits per heavy atom. The van der Waals surface area contributed by atoms with Crippen LogP contribution < -0.4 is 10.9 Å². The molecule has 0 saturated heterocycles. The summed E-state index contributed by atoms with van der Waals surface area (Å²) in [7, 11) is 1.71. The summed E-state index contributed by atoms with van der Waals surface area (Å²) in [4.78, 5) is 0.482. The highest BCUT2D eigenvalue weighted by molar-refractivity contribution is 7.80. The van der Waals surface area contributed by atoms with Crippen LogP contribution in [-0.4, -0.2) is 17.1 Å². The highest BCUT2D eigenvalue weighted by atomic mass is 32.1. The van der Waals surface area contributed by atoms with E-state index >= 15 is 0 Å². The van der Waals surface area contributed by atoms with E-state index in [-0.39, 0.29) is 5.75 Å². The van der Waals surface area contributed by atoms with Gasteiger partial charge in [-0.15, -0.1) is 0 Å². The first-order valence-electron chi connectivity index (χ1n) is 3.51. The minimum Gasteiger partial charge on any atom is -0.507 e. The summed E-state index contributed by atoms with van der Waals surface area (Å²) in [5, 5.41) is 9.35. The van der Waals surface area contributed by atoms with Crippen molar-refractivity contribution in [3.05, 3.63) is 29.8 Å². The Balaban J connectivity index is 2.87. The Labute approximate surface area is 76.4 Å². The van der Waals surface area contributed by atoms with Crippen LogP contribution in [0.4, 0.5) is 0 Å². The molecule has 3 nitrogen and oxygen atoms in total. The quantitative estimate of drug-likeness (QED) is 0.467. The van der Waals surface area contributed by atoms with Crippen molar-refractivity contribution in [2.75, 3.05) is 7.05 Å². The van der Waals surface area contributed by atoms with Gasteiger partial charge in [-0.2, -0.15) is 0 Å². The van der Waals surface area contributed by atoms with Crippen molar-refractivity contribution < 1.29 is 5.11 Å². The van der Waals surface area contributed by atoms with E-state index in [1.165, 1.54) is 0 Å². The monoisotopic (exact) mass is 182 g/mol. The van der Waals surface area contributed by atoms with Gasteiger partial charge in [0.15, 0.2) is 0 Å². The van der Waals surface area contributed by atoms with Gasteiger partial charge in [0.05, 0.1) is 5.56 Å². The maximum atomic E-state index is 9.35. The van der Waals surface area contributed by atoms with Crippen LogP contribution in [0.3, 0.4) is 0 Å². The number of hydrogen-bond donors (Lipinski definition) is 3. The summed E-state index contributed by atoms with van der Waals surface area (Å²) >= 11 is 4.97. The molecular formula is C8H10N2OS. The molecule has 1 aromatic carbocycles. The maximum absolute atomic E-state index is 9.35. The van der Waals surface area contributed by atoms with Crippen LogP contribution >= 0.6 is 12.2 Å². The van der Waals surface area contributed by atoms with Gasteiger partial charge in [0.25, 0.3) is 0 Å². The lowest BCUT2D eigenvalue weighted by Gasteiger charge is -2.06. The maximum Gasteiger partial charge on any atom is 0.125 e. The van der Waals surface area contributed by atoms with Crippen LogP contribution in [-0.2, 0) is 0 Å². The molecular weight excluding hydrogens is 172 g/mol. The molecule has 1 aromatic rings.